The SMILES string of the molecule is COc1ccc(-c2noc(CC(=O)NCC(c3ccccc3)N(C)C)n2)cc1. The Morgan fingerprint density at radius 3 is 2.50 bits per heavy atom. The van der Waals surface area contributed by atoms with Crippen molar-refractivity contribution in [3.05, 3.63) is 66.1 Å². The molecule has 3 rings (SSSR count). The highest BCUT2D eigenvalue weighted by molar-refractivity contribution is 5.77. The average molecular weight is 380 g/mol. The van der Waals surface area contributed by atoms with Gasteiger partial charge in [-0.05, 0) is 43.9 Å². The van der Waals surface area contributed by atoms with E-state index in [2.05, 4.69) is 32.5 Å². The molecule has 1 aromatic heterocycles. The Labute approximate surface area is 164 Å². The van der Waals surface area contributed by atoms with Crippen molar-refractivity contribution in [1.29, 1.82) is 0 Å². The van der Waals surface area contributed by atoms with Crippen LogP contribution in [0.3, 0.4) is 0 Å². The summed E-state index contributed by atoms with van der Waals surface area (Å²) in [5.74, 6) is 1.32. The van der Waals surface area contributed by atoms with Crippen LogP contribution in [0.2, 0.25) is 0 Å². The van der Waals surface area contributed by atoms with E-state index in [0.717, 1.165) is 16.9 Å². The van der Waals surface area contributed by atoms with Crippen molar-refractivity contribution in [2.45, 2.75) is 12.5 Å². The number of nitrogens with zero attached hydrogens (tertiary/aromatic N) is 3. The van der Waals surface area contributed by atoms with Crippen molar-refractivity contribution in [2.75, 3.05) is 27.7 Å². The number of benzene rings is 2. The third kappa shape index (κ3) is 4.95. The van der Waals surface area contributed by atoms with E-state index in [-0.39, 0.29) is 24.3 Å². The lowest BCUT2D eigenvalue weighted by atomic mass is 10.1. The highest BCUT2D eigenvalue weighted by Gasteiger charge is 2.17. The summed E-state index contributed by atoms with van der Waals surface area (Å²) in [5, 5.41) is 6.90. The van der Waals surface area contributed by atoms with E-state index >= 15 is 0 Å². The molecule has 28 heavy (non-hydrogen) atoms. The van der Waals surface area contributed by atoms with Crippen molar-refractivity contribution in [2.24, 2.45) is 0 Å². The molecule has 146 valence electrons. The Bertz CT molecular complexity index is 892. The van der Waals surface area contributed by atoms with Crippen LogP contribution in [0.25, 0.3) is 11.4 Å². The number of aromatic nitrogens is 2. The van der Waals surface area contributed by atoms with Gasteiger partial charge in [-0.3, -0.25) is 4.79 Å². The molecule has 0 radical (unpaired) electrons. The van der Waals surface area contributed by atoms with Crippen molar-refractivity contribution in [3.63, 3.8) is 0 Å². The van der Waals surface area contributed by atoms with Crippen molar-refractivity contribution in [3.8, 4) is 17.1 Å². The molecule has 1 unspecified atom stereocenters. The zero-order chi connectivity index (χ0) is 19.9. The summed E-state index contributed by atoms with van der Waals surface area (Å²) in [6.45, 7) is 0.495. The minimum atomic E-state index is -0.160. The topological polar surface area (TPSA) is 80.5 Å². The number of amides is 1. The van der Waals surface area contributed by atoms with Gasteiger partial charge in [-0.2, -0.15) is 4.98 Å². The molecular formula is C21H24N4O3. The van der Waals surface area contributed by atoms with Crippen molar-refractivity contribution in [1.82, 2.24) is 20.4 Å². The van der Waals surface area contributed by atoms with Gasteiger partial charge >= 0.3 is 0 Å². The number of nitrogens with one attached hydrogen (secondary N) is 1. The van der Waals surface area contributed by atoms with Crippen molar-refractivity contribution >= 4 is 5.91 Å². The molecule has 7 nitrogen and oxygen atoms in total. The summed E-state index contributed by atoms with van der Waals surface area (Å²) in [5.41, 5.74) is 1.94. The van der Waals surface area contributed by atoms with E-state index in [1.165, 1.54) is 0 Å². The number of carbonyl (C=O) groups is 1. The van der Waals surface area contributed by atoms with Gasteiger partial charge in [0.15, 0.2) is 0 Å². The highest BCUT2D eigenvalue weighted by Crippen LogP contribution is 2.20. The normalized spacial score (nSPS) is 12.0. The van der Waals surface area contributed by atoms with Crippen LogP contribution in [0.4, 0.5) is 0 Å². The molecule has 2 aromatic carbocycles. The fourth-order valence-corrected chi connectivity index (χ4v) is 2.87. The third-order valence-electron chi connectivity index (χ3n) is 4.43. The standard InChI is InChI=1S/C21H24N4O3/c1-25(2)18(15-7-5-4-6-8-15)14-22-19(26)13-20-23-21(24-28-20)16-9-11-17(27-3)12-10-16/h4-12,18H,13-14H2,1-3H3,(H,22,26). The highest BCUT2D eigenvalue weighted by atomic mass is 16.5. The number of hydrogen-bond donors (Lipinski definition) is 1. The maximum absolute atomic E-state index is 12.3. The Morgan fingerprint density at radius 2 is 1.86 bits per heavy atom. The fourth-order valence-electron chi connectivity index (χ4n) is 2.87. The minimum absolute atomic E-state index is 0.0398. The van der Waals surface area contributed by atoms with E-state index in [1.54, 1.807) is 7.11 Å². The van der Waals surface area contributed by atoms with Gasteiger partial charge in [0, 0.05) is 12.1 Å². The van der Waals surface area contributed by atoms with Crippen LogP contribution in [0.1, 0.15) is 17.5 Å². The molecule has 1 N–H and O–H groups in total. The van der Waals surface area contributed by atoms with Crippen LogP contribution < -0.4 is 10.1 Å². The zero-order valence-electron chi connectivity index (χ0n) is 16.3. The third-order valence-corrected chi connectivity index (χ3v) is 4.43. The van der Waals surface area contributed by atoms with E-state index < -0.39 is 0 Å². The molecule has 0 aliphatic rings. The van der Waals surface area contributed by atoms with E-state index in [1.807, 2.05) is 56.6 Å². The first-order valence-electron chi connectivity index (χ1n) is 9.02. The monoisotopic (exact) mass is 380 g/mol. The zero-order valence-corrected chi connectivity index (χ0v) is 16.3. The number of hydrogen-bond acceptors (Lipinski definition) is 6. The van der Waals surface area contributed by atoms with E-state index in [0.29, 0.717) is 12.4 Å². The summed E-state index contributed by atoms with van der Waals surface area (Å²) in [4.78, 5) is 18.7. The second-order valence-corrected chi connectivity index (χ2v) is 6.61. The quantitative estimate of drug-likeness (QED) is 0.647. The molecule has 0 fully saturated rings. The number of carbonyl (C=O) groups excluding carboxylic acids is 1. The molecule has 0 bridgehead atoms. The first-order chi connectivity index (χ1) is 13.6. The van der Waals surface area contributed by atoms with Crippen LogP contribution in [0.5, 0.6) is 5.75 Å². The first-order valence-corrected chi connectivity index (χ1v) is 9.02. The number of rotatable bonds is 8. The summed E-state index contributed by atoms with van der Waals surface area (Å²) < 4.78 is 10.4. The summed E-state index contributed by atoms with van der Waals surface area (Å²) in [7, 11) is 5.59. The van der Waals surface area contributed by atoms with Crippen LogP contribution in [0, 0.1) is 0 Å². The maximum atomic E-state index is 12.3. The van der Waals surface area contributed by atoms with Gasteiger partial charge in [0.05, 0.1) is 13.2 Å². The molecule has 0 spiro atoms. The predicted octanol–water partition coefficient (Wildman–Crippen LogP) is 2.71. The first kappa shape index (κ1) is 19.6. The molecule has 0 aliphatic carbocycles. The van der Waals surface area contributed by atoms with Gasteiger partial charge in [0.1, 0.15) is 12.2 Å². The molecule has 1 heterocycles. The van der Waals surface area contributed by atoms with E-state index in [4.69, 9.17) is 9.26 Å². The van der Waals surface area contributed by atoms with Crippen LogP contribution in [0.15, 0.2) is 59.1 Å². The second-order valence-electron chi connectivity index (χ2n) is 6.61. The lowest BCUT2D eigenvalue weighted by molar-refractivity contribution is -0.121. The minimum Gasteiger partial charge on any atom is -0.497 e. The van der Waals surface area contributed by atoms with Gasteiger partial charge < -0.3 is 19.5 Å². The molecular weight excluding hydrogens is 356 g/mol. The number of ether oxygens (including phenoxy) is 1. The van der Waals surface area contributed by atoms with Gasteiger partial charge in [-0.25, -0.2) is 0 Å². The van der Waals surface area contributed by atoms with E-state index in [9.17, 15) is 4.79 Å². The molecule has 3 aromatic rings. The molecule has 0 saturated carbocycles. The molecule has 0 saturated heterocycles. The number of methoxy groups -OCH3 is 1. The van der Waals surface area contributed by atoms with Crippen LogP contribution in [-0.4, -0.2) is 48.7 Å². The molecule has 7 heteroatoms. The fraction of sp³-hybridized carbons (Fsp3) is 0.286. The number of likely N-dealkylation sites (N-methyl/N-ethyl adjacent to an activating group) is 1. The Hall–Kier alpha value is -3.19. The lowest BCUT2D eigenvalue weighted by Crippen LogP contribution is -2.35. The van der Waals surface area contributed by atoms with Gasteiger partial charge in [0.25, 0.3) is 0 Å². The Morgan fingerprint density at radius 1 is 1.14 bits per heavy atom. The lowest BCUT2D eigenvalue weighted by Gasteiger charge is -2.25. The van der Waals surface area contributed by atoms with Crippen molar-refractivity contribution < 1.29 is 14.1 Å². The summed E-state index contributed by atoms with van der Waals surface area (Å²) >= 11 is 0. The predicted molar refractivity (Wildman–Crippen MR) is 106 cm³/mol. The van der Waals surface area contributed by atoms with Gasteiger partial charge in [-0.15, -0.1) is 0 Å². The average Bonchev–Trinajstić information content (AvgIpc) is 3.17. The maximum Gasteiger partial charge on any atom is 0.236 e. The Balaban J connectivity index is 1.58. The largest absolute Gasteiger partial charge is 0.497 e. The smallest absolute Gasteiger partial charge is 0.236 e. The molecule has 1 atom stereocenters. The van der Waals surface area contributed by atoms with Gasteiger partial charge in [0.2, 0.25) is 17.6 Å². The molecule has 1 amide bonds. The Kier molecular flexibility index (Phi) is 6.39. The van der Waals surface area contributed by atoms with Crippen LogP contribution >= 0.6 is 0 Å². The summed E-state index contributed by atoms with van der Waals surface area (Å²) in [6.07, 6.45) is 0.0398. The van der Waals surface area contributed by atoms with Gasteiger partial charge in [-0.1, -0.05) is 35.5 Å². The molecule has 0 aliphatic heterocycles. The van der Waals surface area contributed by atoms with Crippen LogP contribution in [-0.2, 0) is 11.2 Å². The second kappa shape index (κ2) is 9.14. The summed E-state index contributed by atoms with van der Waals surface area (Å²) in [6, 6.07) is 17.5.